The van der Waals surface area contributed by atoms with E-state index in [1.165, 1.54) is 0 Å². The summed E-state index contributed by atoms with van der Waals surface area (Å²) in [7, 11) is 0. The van der Waals surface area contributed by atoms with Gasteiger partial charge in [0.1, 0.15) is 0 Å². The summed E-state index contributed by atoms with van der Waals surface area (Å²) in [4.78, 5) is 0. The van der Waals surface area contributed by atoms with Crippen molar-refractivity contribution in [2.75, 3.05) is 6.61 Å². The minimum Gasteiger partial charge on any atom is -0.396 e. The lowest BCUT2D eigenvalue weighted by molar-refractivity contribution is 0.0351. The van der Waals surface area contributed by atoms with Crippen molar-refractivity contribution in [3.63, 3.8) is 0 Å². The Morgan fingerprint density at radius 1 is 1.56 bits per heavy atom. The average molecular weight is 136 g/mol. The van der Waals surface area contributed by atoms with Gasteiger partial charge >= 0.3 is 0 Å². The number of halogens is 2. The zero-order chi connectivity index (χ0) is 7.12. The molecule has 0 aromatic rings. The quantitative estimate of drug-likeness (QED) is 0.608. The van der Waals surface area contributed by atoms with Crippen LogP contribution in [0.2, 0.25) is 0 Å². The predicted octanol–water partition coefficient (Wildman–Crippen LogP) is 1.41. The Kier molecular flexibility index (Phi) is 1.28. The summed E-state index contributed by atoms with van der Waals surface area (Å²) in [5, 5.41) is 8.51. The molecule has 3 heteroatoms. The molecule has 0 radical (unpaired) electrons. The number of hydrogen-bond donors (Lipinski definition) is 1. The summed E-state index contributed by atoms with van der Waals surface area (Å²) in [6.45, 7) is 1.30. The van der Waals surface area contributed by atoms with Crippen LogP contribution in [-0.4, -0.2) is 17.6 Å². The molecule has 1 nitrogen and oxygen atoms in total. The van der Waals surface area contributed by atoms with E-state index in [0.717, 1.165) is 0 Å². The van der Waals surface area contributed by atoms with Crippen LogP contribution >= 0.6 is 0 Å². The van der Waals surface area contributed by atoms with Crippen LogP contribution in [0.1, 0.15) is 19.8 Å². The minimum absolute atomic E-state index is 0.132. The number of alkyl halides is 2. The molecule has 1 atom stereocenters. The van der Waals surface area contributed by atoms with Gasteiger partial charge in [-0.1, -0.05) is 6.92 Å². The van der Waals surface area contributed by atoms with Crippen molar-refractivity contribution in [1.82, 2.24) is 0 Å². The highest BCUT2D eigenvalue weighted by Crippen LogP contribution is 2.62. The molecule has 1 aliphatic rings. The van der Waals surface area contributed by atoms with E-state index in [4.69, 9.17) is 5.11 Å². The van der Waals surface area contributed by atoms with Crippen LogP contribution in [0.5, 0.6) is 0 Å². The van der Waals surface area contributed by atoms with Gasteiger partial charge in [-0.05, 0) is 6.42 Å². The van der Waals surface area contributed by atoms with Crippen molar-refractivity contribution in [3.05, 3.63) is 0 Å². The van der Waals surface area contributed by atoms with Gasteiger partial charge in [-0.3, -0.25) is 0 Å². The highest BCUT2D eigenvalue weighted by Gasteiger charge is 2.69. The smallest absolute Gasteiger partial charge is 0.256 e. The van der Waals surface area contributed by atoms with Crippen LogP contribution in [0.3, 0.4) is 0 Å². The first-order chi connectivity index (χ1) is 4.08. The fourth-order valence-corrected chi connectivity index (χ4v) is 1.05. The van der Waals surface area contributed by atoms with Crippen molar-refractivity contribution < 1.29 is 13.9 Å². The maximum Gasteiger partial charge on any atom is 0.256 e. The molecule has 1 fully saturated rings. The van der Waals surface area contributed by atoms with Crippen molar-refractivity contribution in [1.29, 1.82) is 0 Å². The van der Waals surface area contributed by atoms with Gasteiger partial charge in [-0.15, -0.1) is 0 Å². The summed E-state index contributed by atoms with van der Waals surface area (Å²) < 4.78 is 24.6. The maximum atomic E-state index is 12.3. The second-order valence-corrected chi connectivity index (χ2v) is 2.67. The molecule has 0 aromatic heterocycles. The summed E-state index contributed by atoms with van der Waals surface area (Å²) in [5.41, 5.74) is -1.05. The zero-order valence-electron chi connectivity index (χ0n) is 5.32. The van der Waals surface area contributed by atoms with E-state index in [0.29, 0.717) is 6.42 Å². The molecular weight excluding hydrogens is 126 g/mol. The monoisotopic (exact) mass is 136 g/mol. The number of aliphatic hydroxyl groups is 1. The summed E-state index contributed by atoms with van der Waals surface area (Å²) in [5.74, 6) is -2.59. The first-order valence-corrected chi connectivity index (χ1v) is 3.07. The molecule has 1 N–H and O–H groups in total. The Hall–Kier alpha value is -0.180. The molecule has 0 aromatic carbocycles. The first-order valence-electron chi connectivity index (χ1n) is 3.07. The molecule has 0 heterocycles. The predicted molar refractivity (Wildman–Crippen MR) is 29.4 cm³/mol. The van der Waals surface area contributed by atoms with Gasteiger partial charge in [-0.25, -0.2) is 8.78 Å². The lowest BCUT2D eigenvalue weighted by Gasteiger charge is -2.07. The Bertz CT molecular complexity index is 118. The Labute approximate surface area is 52.7 Å². The maximum absolute atomic E-state index is 12.3. The molecular formula is C6H10F2O. The third-order valence-corrected chi connectivity index (χ3v) is 2.19. The molecule has 9 heavy (non-hydrogen) atoms. The van der Waals surface area contributed by atoms with E-state index >= 15 is 0 Å². The molecule has 1 saturated carbocycles. The lowest BCUT2D eigenvalue weighted by Crippen LogP contribution is -2.14. The van der Waals surface area contributed by atoms with E-state index in [9.17, 15) is 8.78 Å². The summed E-state index contributed by atoms with van der Waals surface area (Å²) in [6, 6.07) is 0. The average Bonchev–Trinajstić information content (AvgIpc) is 2.35. The molecule has 0 saturated heterocycles. The second kappa shape index (κ2) is 1.66. The molecule has 0 spiro atoms. The largest absolute Gasteiger partial charge is 0.396 e. The first kappa shape index (κ1) is 6.93. The highest BCUT2D eigenvalue weighted by atomic mass is 19.3. The molecule has 0 bridgehead atoms. The van der Waals surface area contributed by atoms with Crippen LogP contribution in [0.4, 0.5) is 8.78 Å². The van der Waals surface area contributed by atoms with Crippen LogP contribution in [-0.2, 0) is 0 Å². The fraction of sp³-hybridized carbons (Fsp3) is 1.00. The number of hydrogen-bond acceptors (Lipinski definition) is 1. The van der Waals surface area contributed by atoms with Gasteiger partial charge < -0.3 is 5.11 Å². The Morgan fingerprint density at radius 2 is 2.00 bits per heavy atom. The molecule has 54 valence electrons. The summed E-state index contributed by atoms with van der Waals surface area (Å²) in [6.07, 6.45) is 0.240. The third kappa shape index (κ3) is 0.748. The molecule has 0 aliphatic heterocycles. The van der Waals surface area contributed by atoms with Gasteiger partial charge in [0.25, 0.3) is 5.92 Å². The SMILES string of the molecule is CCC1(CO)CC1(F)F. The molecule has 0 amide bonds. The van der Waals surface area contributed by atoms with E-state index in [1.807, 2.05) is 0 Å². The number of rotatable bonds is 2. The van der Waals surface area contributed by atoms with Crippen LogP contribution < -0.4 is 0 Å². The van der Waals surface area contributed by atoms with Gasteiger partial charge in [0.15, 0.2) is 0 Å². The van der Waals surface area contributed by atoms with Crippen LogP contribution in [0.15, 0.2) is 0 Å². The number of aliphatic hydroxyl groups excluding tert-OH is 1. The van der Waals surface area contributed by atoms with Crippen molar-refractivity contribution in [2.24, 2.45) is 5.41 Å². The van der Waals surface area contributed by atoms with E-state index < -0.39 is 11.3 Å². The zero-order valence-corrected chi connectivity index (χ0v) is 5.32. The normalized spacial score (nSPS) is 38.7. The minimum atomic E-state index is -2.59. The van der Waals surface area contributed by atoms with Gasteiger partial charge in [0, 0.05) is 6.42 Å². The van der Waals surface area contributed by atoms with E-state index in [1.54, 1.807) is 6.92 Å². The molecule has 1 unspecified atom stereocenters. The molecule has 1 aliphatic carbocycles. The van der Waals surface area contributed by atoms with Crippen molar-refractivity contribution >= 4 is 0 Å². The van der Waals surface area contributed by atoms with Crippen LogP contribution in [0.25, 0.3) is 0 Å². The third-order valence-electron chi connectivity index (χ3n) is 2.19. The Balaban J connectivity index is 2.57. The van der Waals surface area contributed by atoms with Gasteiger partial charge in [0.2, 0.25) is 0 Å². The second-order valence-electron chi connectivity index (χ2n) is 2.67. The topological polar surface area (TPSA) is 20.2 Å². The fourth-order valence-electron chi connectivity index (χ4n) is 1.05. The van der Waals surface area contributed by atoms with Crippen molar-refractivity contribution in [2.45, 2.75) is 25.7 Å². The standard InChI is InChI=1S/C6H10F2O/c1-2-5(4-9)3-6(5,7)8/h9H,2-4H2,1H3. The van der Waals surface area contributed by atoms with Crippen molar-refractivity contribution in [3.8, 4) is 0 Å². The lowest BCUT2D eigenvalue weighted by atomic mass is 10.1. The van der Waals surface area contributed by atoms with Crippen LogP contribution in [0, 0.1) is 5.41 Å². The summed E-state index contributed by atoms with van der Waals surface area (Å²) >= 11 is 0. The highest BCUT2D eigenvalue weighted by molar-refractivity contribution is 5.08. The van der Waals surface area contributed by atoms with Gasteiger partial charge in [-0.2, -0.15) is 0 Å². The van der Waals surface area contributed by atoms with E-state index in [2.05, 4.69) is 0 Å². The van der Waals surface area contributed by atoms with Gasteiger partial charge in [0.05, 0.1) is 12.0 Å². The van der Waals surface area contributed by atoms with E-state index in [-0.39, 0.29) is 13.0 Å². The Morgan fingerprint density at radius 3 is 2.00 bits per heavy atom. The molecule has 1 rings (SSSR count).